The Morgan fingerprint density at radius 3 is 2.80 bits per heavy atom. The molecule has 2 atom stereocenters. The van der Waals surface area contributed by atoms with Gasteiger partial charge in [0.1, 0.15) is 0 Å². The summed E-state index contributed by atoms with van der Waals surface area (Å²) in [6, 6.07) is 0. The lowest BCUT2D eigenvalue weighted by atomic mass is 9.83. The Balaban J connectivity index is 2.42. The van der Waals surface area contributed by atoms with Crippen LogP contribution in [0.4, 0.5) is 0 Å². The second kappa shape index (κ2) is 4.86. The van der Waals surface area contributed by atoms with Gasteiger partial charge in [0.2, 0.25) is 0 Å². The zero-order valence-corrected chi connectivity index (χ0v) is 10.4. The van der Waals surface area contributed by atoms with E-state index in [2.05, 4.69) is 45.0 Å². The molecule has 0 amide bonds. The molecule has 0 aromatic heterocycles. The van der Waals surface area contributed by atoms with E-state index in [4.69, 9.17) is 6.42 Å². The third kappa shape index (κ3) is 4.10. The predicted molar refractivity (Wildman–Crippen MR) is 66.6 cm³/mol. The smallest absolute Gasteiger partial charge is 0.0741 e. The van der Waals surface area contributed by atoms with Crippen LogP contribution < -0.4 is 5.32 Å². The van der Waals surface area contributed by atoms with Crippen LogP contribution in [0.25, 0.3) is 0 Å². The van der Waals surface area contributed by atoms with Crippen molar-refractivity contribution in [1.29, 1.82) is 0 Å². The predicted octanol–water partition coefficient (Wildman–Crippen LogP) is 2.98. The summed E-state index contributed by atoms with van der Waals surface area (Å²) in [5.41, 5.74) is 1.36. The van der Waals surface area contributed by atoms with Crippen molar-refractivity contribution in [3.8, 4) is 12.3 Å². The standard InChI is InChI=1S/C14H23N/c1-6-14(4,5)15-10-13-8-11(2)7-12(3)9-13/h1,7,11,13,15H,8-10H2,2-5H3. The van der Waals surface area contributed by atoms with E-state index in [0.29, 0.717) is 0 Å². The molecule has 1 heteroatoms. The minimum Gasteiger partial charge on any atom is -0.301 e. The number of nitrogens with one attached hydrogen (secondary N) is 1. The molecule has 1 aliphatic carbocycles. The highest BCUT2D eigenvalue weighted by Gasteiger charge is 2.20. The molecule has 1 nitrogen and oxygen atoms in total. The second-order valence-electron chi connectivity index (χ2n) is 5.45. The first-order valence-corrected chi connectivity index (χ1v) is 5.83. The van der Waals surface area contributed by atoms with Crippen molar-refractivity contribution in [2.24, 2.45) is 11.8 Å². The molecule has 0 aliphatic heterocycles. The lowest BCUT2D eigenvalue weighted by Crippen LogP contribution is -2.41. The van der Waals surface area contributed by atoms with E-state index < -0.39 is 0 Å². The number of rotatable bonds is 3. The number of allylic oxidation sites excluding steroid dienone is 2. The normalized spacial score (nSPS) is 27.0. The summed E-state index contributed by atoms with van der Waals surface area (Å²) in [6.07, 6.45) is 10.3. The van der Waals surface area contributed by atoms with Gasteiger partial charge in [-0.1, -0.05) is 24.5 Å². The van der Waals surface area contributed by atoms with Crippen LogP contribution in [-0.4, -0.2) is 12.1 Å². The van der Waals surface area contributed by atoms with Crippen molar-refractivity contribution in [1.82, 2.24) is 5.32 Å². The molecule has 1 aliphatic rings. The molecule has 1 rings (SSSR count). The largest absolute Gasteiger partial charge is 0.301 e. The lowest BCUT2D eigenvalue weighted by molar-refractivity contribution is 0.349. The van der Waals surface area contributed by atoms with Gasteiger partial charge in [0.05, 0.1) is 5.54 Å². The maximum absolute atomic E-state index is 5.45. The molecule has 0 saturated heterocycles. The first-order valence-electron chi connectivity index (χ1n) is 5.83. The number of terminal acetylenes is 1. The van der Waals surface area contributed by atoms with Gasteiger partial charge < -0.3 is 5.32 Å². The third-order valence-corrected chi connectivity index (χ3v) is 3.08. The maximum atomic E-state index is 5.45. The van der Waals surface area contributed by atoms with E-state index >= 15 is 0 Å². The fourth-order valence-corrected chi connectivity index (χ4v) is 2.29. The summed E-state index contributed by atoms with van der Waals surface area (Å²) in [4.78, 5) is 0. The molecule has 0 aromatic carbocycles. The molecule has 0 saturated carbocycles. The van der Waals surface area contributed by atoms with Gasteiger partial charge in [-0.3, -0.25) is 0 Å². The average molecular weight is 205 g/mol. The van der Waals surface area contributed by atoms with Crippen molar-refractivity contribution >= 4 is 0 Å². The highest BCUT2D eigenvalue weighted by atomic mass is 14.9. The van der Waals surface area contributed by atoms with Gasteiger partial charge in [-0.15, -0.1) is 6.42 Å². The van der Waals surface area contributed by atoms with E-state index in [1.54, 1.807) is 0 Å². The second-order valence-corrected chi connectivity index (χ2v) is 5.45. The molecule has 0 spiro atoms. The van der Waals surface area contributed by atoms with E-state index in [1.807, 2.05) is 0 Å². The molecule has 0 radical (unpaired) electrons. The molecule has 2 unspecified atom stereocenters. The summed E-state index contributed by atoms with van der Waals surface area (Å²) in [5, 5.41) is 3.46. The molecule has 0 bridgehead atoms. The van der Waals surface area contributed by atoms with Gasteiger partial charge in [0.15, 0.2) is 0 Å². The molecule has 15 heavy (non-hydrogen) atoms. The van der Waals surface area contributed by atoms with Gasteiger partial charge in [0.25, 0.3) is 0 Å². The Bertz CT molecular complexity index is 280. The van der Waals surface area contributed by atoms with Crippen molar-refractivity contribution < 1.29 is 0 Å². The average Bonchev–Trinajstić information content (AvgIpc) is 2.14. The minimum atomic E-state index is -0.168. The van der Waals surface area contributed by atoms with Crippen molar-refractivity contribution in [3.63, 3.8) is 0 Å². The fraction of sp³-hybridized carbons (Fsp3) is 0.714. The third-order valence-electron chi connectivity index (χ3n) is 3.08. The summed E-state index contributed by atoms with van der Waals surface area (Å²) in [6.45, 7) is 9.67. The molecule has 0 heterocycles. The monoisotopic (exact) mass is 205 g/mol. The van der Waals surface area contributed by atoms with Crippen molar-refractivity contribution in [2.75, 3.05) is 6.54 Å². The first-order chi connectivity index (χ1) is 6.93. The Kier molecular flexibility index (Phi) is 3.99. The highest BCUT2D eigenvalue weighted by Crippen LogP contribution is 2.27. The summed E-state index contributed by atoms with van der Waals surface area (Å²) in [7, 11) is 0. The Hall–Kier alpha value is -0.740. The van der Waals surface area contributed by atoms with Crippen LogP contribution in [0.15, 0.2) is 11.6 Å². The minimum absolute atomic E-state index is 0.168. The van der Waals surface area contributed by atoms with Gasteiger partial charge in [-0.2, -0.15) is 0 Å². The van der Waals surface area contributed by atoms with Crippen LogP contribution in [0, 0.1) is 24.2 Å². The van der Waals surface area contributed by atoms with E-state index in [9.17, 15) is 0 Å². The highest BCUT2D eigenvalue weighted by molar-refractivity contribution is 5.09. The van der Waals surface area contributed by atoms with Gasteiger partial charge >= 0.3 is 0 Å². The summed E-state index contributed by atoms with van der Waals surface area (Å²) in [5.74, 6) is 4.25. The lowest BCUT2D eigenvalue weighted by Gasteiger charge is -2.29. The molecule has 1 N–H and O–H groups in total. The van der Waals surface area contributed by atoms with Crippen LogP contribution in [0.5, 0.6) is 0 Å². The van der Waals surface area contributed by atoms with Crippen molar-refractivity contribution in [3.05, 3.63) is 11.6 Å². The Morgan fingerprint density at radius 1 is 1.60 bits per heavy atom. The van der Waals surface area contributed by atoms with Crippen LogP contribution in [-0.2, 0) is 0 Å². The number of hydrogen-bond acceptors (Lipinski definition) is 1. The van der Waals surface area contributed by atoms with Gasteiger partial charge in [0, 0.05) is 0 Å². The molecular weight excluding hydrogens is 182 g/mol. The summed E-state index contributed by atoms with van der Waals surface area (Å²) < 4.78 is 0. The quantitative estimate of drug-likeness (QED) is 0.552. The molecule has 84 valence electrons. The molecular formula is C14H23N. The van der Waals surface area contributed by atoms with E-state index in [-0.39, 0.29) is 5.54 Å². The maximum Gasteiger partial charge on any atom is 0.0741 e. The zero-order chi connectivity index (χ0) is 11.5. The SMILES string of the molecule is C#CC(C)(C)NCC1CC(C)=CC(C)C1. The first kappa shape index (κ1) is 12.3. The topological polar surface area (TPSA) is 12.0 Å². The van der Waals surface area contributed by atoms with Gasteiger partial charge in [-0.05, 0) is 52.0 Å². The molecule has 0 fully saturated rings. The fourth-order valence-electron chi connectivity index (χ4n) is 2.29. The van der Waals surface area contributed by atoms with Crippen LogP contribution >= 0.6 is 0 Å². The van der Waals surface area contributed by atoms with E-state index in [0.717, 1.165) is 18.4 Å². The van der Waals surface area contributed by atoms with Crippen molar-refractivity contribution in [2.45, 2.75) is 46.1 Å². The Labute approximate surface area is 94.3 Å². The number of hydrogen-bond donors (Lipinski definition) is 1. The van der Waals surface area contributed by atoms with Crippen LogP contribution in [0.1, 0.15) is 40.5 Å². The summed E-state index contributed by atoms with van der Waals surface area (Å²) >= 11 is 0. The zero-order valence-electron chi connectivity index (χ0n) is 10.4. The van der Waals surface area contributed by atoms with Crippen LogP contribution in [0.3, 0.4) is 0 Å². The van der Waals surface area contributed by atoms with Crippen LogP contribution in [0.2, 0.25) is 0 Å². The van der Waals surface area contributed by atoms with E-state index in [1.165, 1.54) is 18.4 Å². The Morgan fingerprint density at radius 2 is 2.27 bits per heavy atom. The molecule has 0 aromatic rings. The van der Waals surface area contributed by atoms with Gasteiger partial charge in [-0.25, -0.2) is 0 Å².